The highest BCUT2D eigenvalue weighted by Gasteiger charge is 2.19. The number of ether oxygens (including phenoxy) is 2. The minimum Gasteiger partial charge on any atom is -0.497 e. The molecule has 3 aromatic rings. The minimum atomic E-state index is 0.872. The summed E-state index contributed by atoms with van der Waals surface area (Å²) >= 11 is 0. The maximum Gasteiger partial charge on any atom is 0.138 e. The normalized spacial score (nSPS) is 12.4. The van der Waals surface area contributed by atoms with Gasteiger partial charge in [0.15, 0.2) is 0 Å². The van der Waals surface area contributed by atoms with E-state index in [0.29, 0.717) is 0 Å². The standard InChI is InChI=1S/C18H14O2/c1-19-15-8-9-17-14(11-15)10-13-7-6-12-4-2-3-5-16(12)18(13)20-17/h2-9,11H,10H2,1H3. The summed E-state index contributed by atoms with van der Waals surface area (Å²) in [6.45, 7) is 0. The number of rotatable bonds is 1. The molecule has 0 fully saturated rings. The van der Waals surface area contributed by atoms with Crippen molar-refractivity contribution >= 4 is 10.8 Å². The highest BCUT2D eigenvalue weighted by atomic mass is 16.5. The molecule has 0 spiro atoms. The second kappa shape index (κ2) is 4.27. The van der Waals surface area contributed by atoms with Crippen LogP contribution < -0.4 is 9.47 Å². The van der Waals surface area contributed by atoms with E-state index in [1.54, 1.807) is 7.11 Å². The van der Waals surface area contributed by atoms with Gasteiger partial charge in [-0.3, -0.25) is 0 Å². The molecular weight excluding hydrogens is 248 g/mol. The van der Waals surface area contributed by atoms with E-state index in [2.05, 4.69) is 36.4 Å². The number of methoxy groups -OCH3 is 1. The zero-order valence-electron chi connectivity index (χ0n) is 11.2. The Hall–Kier alpha value is -2.48. The summed E-state index contributed by atoms with van der Waals surface area (Å²) in [4.78, 5) is 0. The van der Waals surface area contributed by atoms with Crippen LogP contribution in [0.1, 0.15) is 11.1 Å². The van der Waals surface area contributed by atoms with Crippen LogP contribution in [0.2, 0.25) is 0 Å². The lowest BCUT2D eigenvalue weighted by atomic mass is 9.96. The smallest absolute Gasteiger partial charge is 0.138 e. The van der Waals surface area contributed by atoms with Gasteiger partial charge in [0.1, 0.15) is 17.2 Å². The Bertz CT molecular complexity index is 806. The summed E-state index contributed by atoms with van der Waals surface area (Å²) in [7, 11) is 1.69. The molecule has 4 rings (SSSR count). The molecule has 0 radical (unpaired) electrons. The average molecular weight is 262 g/mol. The molecule has 0 bridgehead atoms. The first-order chi connectivity index (χ1) is 9.85. The Kier molecular flexibility index (Phi) is 2.43. The van der Waals surface area contributed by atoms with Crippen molar-refractivity contribution in [3.8, 4) is 17.2 Å². The number of hydrogen-bond acceptors (Lipinski definition) is 2. The second-order valence-corrected chi connectivity index (χ2v) is 5.03. The van der Waals surface area contributed by atoms with Crippen LogP contribution in [-0.4, -0.2) is 7.11 Å². The van der Waals surface area contributed by atoms with Crippen LogP contribution in [0, 0.1) is 0 Å². The molecular formula is C18H14O2. The molecule has 1 heterocycles. The summed E-state index contributed by atoms with van der Waals surface area (Å²) in [5.74, 6) is 2.78. The van der Waals surface area contributed by atoms with Crippen molar-refractivity contribution in [2.45, 2.75) is 6.42 Å². The predicted molar refractivity (Wildman–Crippen MR) is 79.8 cm³/mol. The van der Waals surface area contributed by atoms with E-state index in [9.17, 15) is 0 Å². The van der Waals surface area contributed by atoms with Gasteiger partial charge in [0, 0.05) is 17.4 Å². The van der Waals surface area contributed by atoms with Crippen molar-refractivity contribution in [2.75, 3.05) is 7.11 Å². The average Bonchev–Trinajstić information content (AvgIpc) is 2.52. The van der Waals surface area contributed by atoms with Gasteiger partial charge in [-0.1, -0.05) is 36.4 Å². The lowest BCUT2D eigenvalue weighted by Crippen LogP contribution is -2.03. The fourth-order valence-electron chi connectivity index (χ4n) is 2.78. The highest BCUT2D eigenvalue weighted by molar-refractivity contribution is 5.90. The first-order valence-electron chi connectivity index (χ1n) is 6.70. The molecule has 0 atom stereocenters. The molecule has 0 saturated carbocycles. The summed E-state index contributed by atoms with van der Waals surface area (Å²) in [5.41, 5.74) is 2.40. The van der Waals surface area contributed by atoms with Gasteiger partial charge in [0.2, 0.25) is 0 Å². The molecule has 2 heteroatoms. The van der Waals surface area contributed by atoms with Gasteiger partial charge in [0.25, 0.3) is 0 Å². The number of benzene rings is 3. The van der Waals surface area contributed by atoms with Gasteiger partial charge in [-0.2, -0.15) is 0 Å². The second-order valence-electron chi connectivity index (χ2n) is 5.03. The third-order valence-corrected chi connectivity index (χ3v) is 3.82. The number of hydrogen-bond donors (Lipinski definition) is 0. The molecule has 0 aliphatic carbocycles. The van der Waals surface area contributed by atoms with E-state index in [4.69, 9.17) is 9.47 Å². The van der Waals surface area contributed by atoms with E-state index >= 15 is 0 Å². The Labute approximate surface area is 117 Å². The van der Waals surface area contributed by atoms with Crippen molar-refractivity contribution in [2.24, 2.45) is 0 Å². The molecule has 0 amide bonds. The topological polar surface area (TPSA) is 18.5 Å². The molecule has 98 valence electrons. The molecule has 0 saturated heterocycles. The maximum absolute atomic E-state index is 6.13. The third-order valence-electron chi connectivity index (χ3n) is 3.82. The zero-order valence-corrected chi connectivity index (χ0v) is 11.2. The molecule has 2 nitrogen and oxygen atoms in total. The fraction of sp³-hybridized carbons (Fsp3) is 0.111. The molecule has 0 aromatic heterocycles. The zero-order chi connectivity index (χ0) is 13.5. The van der Waals surface area contributed by atoms with Crippen LogP contribution in [0.25, 0.3) is 10.8 Å². The summed E-state index contributed by atoms with van der Waals surface area (Å²) in [5, 5.41) is 2.38. The van der Waals surface area contributed by atoms with Gasteiger partial charge < -0.3 is 9.47 Å². The molecule has 1 aliphatic heterocycles. The molecule has 1 aliphatic rings. The summed E-state index contributed by atoms with van der Waals surface area (Å²) < 4.78 is 11.4. The minimum absolute atomic E-state index is 0.872. The van der Waals surface area contributed by atoms with E-state index in [1.807, 2.05) is 18.2 Å². The van der Waals surface area contributed by atoms with Crippen molar-refractivity contribution in [3.63, 3.8) is 0 Å². The van der Waals surface area contributed by atoms with E-state index in [1.165, 1.54) is 21.9 Å². The molecule has 0 unspecified atom stereocenters. The Morgan fingerprint density at radius 3 is 2.75 bits per heavy atom. The van der Waals surface area contributed by atoms with Crippen molar-refractivity contribution in [1.82, 2.24) is 0 Å². The fourth-order valence-corrected chi connectivity index (χ4v) is 2.78. The largest absolute Gasteiger partial charge is 0.497 e. The summed E-state index contributed by atoms with van der Waals surface area (Å²) in [6, 6.07) is 18.6. The maximum atomic E-state index is 6.13. The van der Waals surface area contributed by atoms with Crippen molar-refractivity contribution in [1.29, 1.82) is 0 Å². The van der Waals surface area contributed by atoms with Crippen LogP contribution in [0.5, 0.6) is 17.2 Å². The lowest BCUT2D eigenvalue weighted by molar-refractivity contribution is 0.410. The lowest BCUT2D eigenvalue weighted by Gasteiger charge is -2.22. The van der Waals surface area contributed by atoms with E-state index in [0.717, 1.165) is 23.7 Å². The van der Waals surface area contributed by atoms with Gasteiger partial charge >= 0.3 is 0 Å². The van der Waals surface area contributed by atoms with E-state index < -0.39 is 0 Å². The van der Waals surface area contributed by atoms with Gasteiger partial charge in [0.05, 0.1) is 7.11 Å². The van der Waals surface area contributed by atoms with Gasteiger partial charge in [-0.05, 0) is 29.1 Å². The van der Waals surface area contributed by atoms with Crippen LogP contribution in [0.15, 0.2) is 54.6 Å². The Morgan fingerprint density at radius 2 is 1.85 bits per heavy atom. The third kappa shape index (κ3) is 1.65. The van der Waals surface area contributed by atoms with Crippen molar-refractivity contribution in [3.05, 3.63) is 65.7 Å². The summed E-state index contributed by atoms with van der Waals surface area (Å²) in [6.07, 6.45) is 0.882. The predicted octanol–water partition coefficient (Wildman–Crippen LogP) is 4.54. The Morgan fingerprint density at radius 1 is 0.950 bits per heavy atom. The van der Waals surface area contributed by atoms with Crippen molar-refractivity contribution < 1.29 is 9.47 Å². The molecule has 3 aromatic carbocycles. The molecule has 20 heavy (non-hydrogen) atoms. The quantitative estimate of drug-likeness (QED) is 0.501. The van der Waals surface area contributed by atoms with Crippen LogP contribution in [0.3, 0.4) is 0 Å². The first kappa shape index (κ1) is 11.4. The monoisotopic (exact) mass is 262 g/mol. The SMILES string of the molecule is COc1ccc2c(c1)Cc1ccc3ccccc3c1O2. The van der Waals surface area contributed by atoms with Crippen LogP contribution in [0.4, 0.5) is 0 Å². The highest BCUT2D eigenvalue weighted by Crippen LogP contribution is 2.41. The number of fused-ring (bicyclic) bond motifs is 4. The van der Waals surface area contributed by atoms with E-state index in [-0.39, 0.29) is 0 Å². The molecule has 0 N–H and O–H groups in total. The van der Waals surface area contributed by atoms with Crippen LogP contribution >= 0.6 is 0 Å². The van der Waals surface area contributed by atoms with Gasteiger partial charge in [-0.15, -0.1) is 0 Å². The first-order valence-corrected chi connectivity index (χ1v) is 6.70. The van der Waals surface area contributed by atoms with Gasteiger partial charge in [-0.25, -0.2) is 0 Å². The Balaban J connectivity index is 1.89. The van der Waals surface area contributed by atoms with Crippen LogP contribution in [-0.2, 0) is 6.42 Å².